The third kappa shape index (κ3) is 4.88. The second-order valence-corrected chi connectivity index (χ2v) is 6.31. The Morgan fingerprint density at radius 1 is 1.04 bits per heavy atom. The van der Waals surface area contributed by atoms with Gasteiger partial charge in [-0.2, -0.15) is 0 Å². The van der Waals surface area contributed by atoms with Gasteiger partial charge in [0.05, 0.1) is 12.7 Å². The molecule has 0 aliphatic rings. The minimum atomic E-state index is -0.142. The van der Waals surface area contributed by atoms with Crippen LogP contribution in [-0.2, 0) is 6.61 Å². The highest BCUT2D eigenvalue weighted by Crippen LogP contribution is 2.20. The van der Waals surface area contributed by atoms with Crippen molar-refractivity contribution in [3.8, 4) is 11.5 Å². The van der Waals surface area contributed by atoms with Crippen LogP contribution in [0.1, 0.15) is 33.0 Å². The Morgan fingerprint density at radius 3 is 2.52 bits per heavy atom. The number of methoxy groups -OCH3 is 1. The minimum Gasteiger partial charge on any atom is -0.496 e. The molecule has 0 fully saturated rings. The SMILES string of the molecule is COc1ccccc1C(=O)/C=C/c1ccc(COc2cc(C)cc(C)c2)o1. The third-order valence-corrected chi connectivity index (χ3v) is 4.03. The van der Waals surface area contributed by atoms with Crippen molar-refractivity contribution in [2.45, 2.75) is 20.5 Å². The first-order valence-electron chi connectivity index (χ1n) is 8.70. The van der Waals surface area contributed by atoms with E-state index in [9.17, 15) is 4.79 Å². The highest BCUT2D eigenvalue weighted by atomic mass is 16.5. The molecule has 4 heteroatoms. The summed E-state index contributed by atoms with van der Waals surface area (Å²) in [6, 6.07) is 16.9. The summed E-state index contributed by atoms with van der Waals surface area (Å²) in [5.74, 6) is 2.51. The van der Waals surface area contributed by atoms with Crippen LogP contribution in [0.4, 0.5) is 0 Å². The summed E-state index contributed by atoms with van der Waals surface area (Å²) in [7, 11) is 1.55. The van der Waals surface area contributed by atoms with E-state index in [2.05, 4.69) is 6.07 Å². The van der Waals surface area contributed by atoms with Crippen molar-refractivity contribution >= 4 is 11.9 Å². The molecule has 0 atom stereocenters. The molecular weight excluding hydrogens is 340 g/mol. The fourth-order valence-electron chi connectivity index (χ4n) is 2.83. The second-order valence-electron chi connectivity index (χ2n) is 6.31. The average Bonchev–Trinajstić information content (AvgIpc) is 3.11. The van der Waals surface area contributed by atoms with Gasteiger partial charge >= 0.3 is 0 Å². The van der Waals surface area contributed by atoms with Gasteiger partial charge in [-0.05, 0) is 73.5 Å². The van der Waals surface area contributed by atoms with Crippen LogP contribution < -0.4 is 9.47 Å². The molecule has 27 heavy (non-hydrogen) atoms. The number of para-hydroxylation sites is 1. The fraction of sp³-hybridized carbons (Fsp3) is 0.174. The van der Waals surface area contributed by atoms with Crippen molar-refractivity contribution in [2.24, 2.45) is 0 Å². The van der Waals surface area contributed by atoms with Crippen LogP contribution in [-0.4, -0.2) is 12.9 Å². The first-order chi connectivity index (χ1) is 13.0. The van der Waals surface area contributed by atoms with Crippen molar-refractivity contribution in [2.75, 3.05) is 7.11 Å². The van der Waals surface area contributed by atoms with Crippen LogP contribution in [0.5, 0.6) is 11.5 Å². The number of allylic oxidation sites excluding steroid dienone is 1. The monoisotopic (exact) mass is 362 g/mol. The average molecular weight is 362 g/mol. The van der Waals surface area contributed by atoms with E-state index >= 15 is 0 Å². The van der Waals surface area contributed by atoms with E-state index in [0.717, 1.165) is 16.9 Å². The number of hydrogen-bond donors (Lipinski definition) is 0. The summed E-state index contributed by atoms with van der Waals surface area (Å²) in [5, 5.41) is 0. The molecule has 0 amide bonds. The van der Waals surface area contributed by atoms with Crippen LogP contribution >= 0.6 is 0 Å². The first kappa shape index (κ1) is 18.5. The number of hydrogen-bond acceptors (Lipinski definition) is 4. The van der Waals surface area contributed by atoms with Gasteiger partial charge in [-0.3, -0.25) is 4.79 Å². The van der Waals surface area contributed by atoms with Gasteiger partial charge in [0.15, 0.2) is 5.78 Å². The van der Waals surface area contributed by atoms with Crippen LogP contribution in [0.3, 0.4) is 0 Å². The summed E-state index contributed by atoms with van der Waals surface area (Å²) in [5.41, 5.74) is 2.83. The van der Waals surface area contributed by atoms with Crippen LogP contribution in [0.2, 0.25) is 0 Å². The number of aryl methyl sites for hydroxylation is 2. The standard InChI is InChI=1S/C23H22O4/c1-16-12-17(2)14-20(13-16)26-15-19-9-8-18(27-19)10-11-22(24)21-6-4-5-7-23(21)25-3/h4-14H,15H2,1-3H3/b11-10+. The number of carbonyl (C=O) groups is 1. The summed E-state index contributed by atoms with van der Waals surface area (Å²) in [6.07, 6.45) is 3.13. The number of ether oxygens (including phenoxy) is 2. The Labute approximate surface area is 159 Å². The second kappa shape index (κ2) is 8.41. The van der Waals surface area contributed by atoms with E-state index < -0.39 is 0 Å². The Balaban J connectivity index is 1.63. The molecule has 4 nitrogen and oxygen atoms in total. The zero-order chi connectivity index (χ0) is 19.2. The van der Waals surface area contributed by atoms with Crippen LogP contribution in [0.15, 0.2) is 65.1 Å². The maximum Gasteiger partial charge on any atom is 0.189 e. The summed E-state index contributed by atoms with van der Waals surface area (Å²) in [6.45, 7) is 4.40. The molecule has 0 saturated heterocycles. The van der Waals surface area contributed by atoms with Gasteiger partial charge in [0.1, 0.15) is 29.6 Å². The molecule has 0 unspecified atom stereocenters. The number of ketones is 1. The topological polar surface area (TPSA) is 48.7 Å². The molecule has 3 rings (SSSR count). The van der Waals surface area contributed by atoms with Gasteiger partial charge in [0, 0.05) is 0 Å². The predicted molar refractivity (Wildman–Crippen MR) is 105 cm³/mol. The fourth-order valence-corrected chi connectivity index (χ4v) is 2.83. The lowest BCUT2D eigenvalue weighted by atomic mass is 10.1. The number of rotatable bonds is 7. The molecule has 3 aromatic rings. The van der Waals surface area contributed by atoms with Crippen molar-refractivity contribution in [1.29, 1.82) is 0 Å². The summed E-state index contributed by atoms with van der Waals surface area (Å²) < 4.78 is 16.7. The van der Waals surface area contributed by atoms with E-state index in [-0.39, 0.29) is 5.78 Å². The molecular formula is C23H22O4. The minimum absolute atomic E-state index is 0.142. The molecule has 0 spiro atoms. The maximum absolute atomic E-state index is 12.3. The molecule has 0 radical (unpaired) electrons. The highest BCUT2D eigenvalue weighted by Gasteiger charge is 2.09. The largest absolute Gasteiger partial charge is 0.496 e. The van der Waals surface area contributed by atoms with Gasteiger partial charge in [-0.25, -0.2) is 0 Å². The molecule has 1 aromatic heterocycles. The summed E-state index contributed by atoms with van der Waals surface area (Å²) >= 11 is 0. The van der Waals surface area contributed by atoms with E-state index in [1.807, 2.05) is 44.2 Å². The number of benzene rings is 2. The molecule has 0 bridgehead atoms. The molecule has 138 valence electrons. The van der Waals surface area contributed by atoms with Crippen molar-refractivity contribution in [3.63, 3.8) is 0 Å². The van der Waals surface area contributed by atoms with E-state index in [0.29, 0.717) is 29.4 Å². The molecule has 2 aromatic carbocycles. The summed E-state index contributed by atoms with van der Waals surface area (Å²) in [4.78, 5) is 12.3. The molecule has 1 heterocycles. The highest BCUT2D eigenvalue weighted by molar-refractivity contribution is 6.08. The Kier molecular flexibility index (Phi) is 5.77. The molecule has 0 saturated carbocycles. The third-order valence-electron chi connectivity index (χ3n) is 4.03. The molecule has 0 aliphatic carbocycles. The smallest absolute Gasteiger partial charge is 0.189 e. The van der Waals surface area contributed by atoms with Gasteiger partial charge in [-0.1, -0.05) is 18.2 Å². The lowest BCUT2D eigenvalue weighted by Gasteiger charge is -2.06. The van der Waals surface area contributed by atoms with E-state index in [4.69, 9.17) is 13.9 Å². The molecule has 0 aliphatic heterocycles. The van der Waals surface area contributed by atoms with Gasteiger partial charge in [0.2, 0.25) is 0 Å². The van der Waals surface area contributed by atoms with Crippen molar-refractivity contribution in [3.05, 3.63) is 88.9 Å². The predicted octanol–water partition coefficient (Wildman–Crippen LogP) is 5.38. The van der Waals surface area contributed by atoms with Gasteiger partial charge in [0.25, 0.3) is 0 Å². The lowest BCUT2D eigenvalue weighted by Crippen LogP contribution is -1.98. The normalized spacial score (nSPS) is 10.9. The van der Waals surface area contributed by atoms with Crippen LogP contribution in [0, 0.1) is 13.8 Å². The van der Waals surface area contributed by atoms with E-state index in [1.165, 1.54) is 6.08 Å². The van der Waals surface area contributed by atoms with Crippen LogP contribution in [0.25, 0.3) is 6.08 Å². The Hall–Kier alpha value is -3.27. The van der Waals surface area contributed by atoms with Crippen molar-refractivity contribution < 1.29 is 18.7 Å². The zero-order valence-corrected chi connectivity index (χ0v) is 15.7. The number of carbonyl (C=O) groups excluding carboxylic acids is 1. The first-order valence-corrected chi connectivity index (χ1v) is 8.70. The maximum atomic E-state index is 12.3. The Morgan fingerprint density at radius 2 is 1.78 bits per heavy atom. The lowest BCUT2D eigenvalue weighted by molar-refractivity contribution is 0.104. The van der Waals surface area contributed by atoms with E-state index in [1.54, 1.807) is 31.4 Å². The molecule has 0 N–H and O–H groups in total. The number of furan rings is 1. The quantitative estimate of drug-likeness (QED) is 0.418. The zero-order valence-electron chi connectivity index (χ0n) is 15.7. The van der Waals surface area contributed by atoms with Gasteiger partial charge in [-0.15, -0.1) is 0 Å². The van der Waals surface area contributed by atoms with Gasteiger partial charge < -0.3 is 13.9 Å². The Bertz CT molecular complexity index is 946. The van der Waals surface area contributed by atoms with Crippen molar-refractivity contribution in [1.82, 2.24) is 0 Å².